The molecule has 1 heterocycles. The molecule has 0 unspecified atom stereocenters. The fourth-order valence-corrected chi connectivity index (χ4v) is 4.55. The van der Waals surface area contributed by atoms with E-state index < -0.39 is 5.97 Å². The monoisotopic (exact) mass is 537 g/mol. The molecule has 1 aliphatic rings. The smallest absolute Gasteiger partial charge is 0.343 e. The second kappa shape index (κ2) is 10.8. The van der Waals surface area contributed by atoms with E-state index in [1.165, 1.54) is 30.9 Å². The summed E-state index contributed by atoms with van der Waals surface area (Å²) >= 11 is 10.1. The van der Waals surface area contributed by atoms with Crippen LogP contribution in [0.2, 0.25) is 0 Å². The Morgan fingerprint density at radius 2 is 1.88 bits per heavy atom. The van der Waals surface area contributed by atoms with E-state index in [2.05, 4.69) is 20.7 Å². The van der Waals surface area contributed by atoms with Crippen LogP contribution in [0.1, 0.15) is 12.5 Å². The van der Waals surface area contributed by atoms with Gasteiger partial charge in [-0.1, -0.05) is 39.9 Å². The quantitative estimate of drug-likeness (QED) is 0.269. The highest BCUT2D eigenvalue weighted by molar-refractivity contribution is 9.10. The highest BCUT2D eigenvalue weighted by Gasteiger charge is 2.33. The number of halogens is 1. The van der Waals surface area contributed by atoms with Crippen molar-refractivity contribution in [3.8, 4) is 17.2 Å². The van der Waals surface area contributed by atoms with Crippen molar-refractivity contribution >= 4 is 67.9 Å². The first-order valence-corrected chi connectivity index (χ1v) is 11.5. The van der Waals surface area contributed by atoms with Crippen LogP contribution in [-0.4, -0.2) is 43.6 Å². The summed E-state index contributed by atoms with van der Waals surface area (Å²) in [6.45, 7) is 2.22. The molecule has 3 rings (SSSR count). The van der Waals surface area contributed by atoms with Crippen molar-refractivity contribution in [3.05, 3.63) is 51.3 Å². The minimum absolute atomic E-state index is 0.221. The Bertz CT molecular complexity index is 1070. The van der Waals surface area contributed by atoms with Crippen molar-refractivity contribution in [3.63, 3.8) is 0 Å². The Balaban J connectivity index is 1.85. The van der Waals surface area contributed by atoms with Crippen LogP contribution in [0.15, 0.2) is 45.8 Å². The molecule has 0 aliphatic carbocycles. The highest BCUT2D eigenvalue weighted by atomic mass is 79.9. The SMILES string of the molecule is CCOc1ccc(N2C(=O)/C(=C\c3cc(OC)c(OCC(=O)OC)cc3Br)SC2=S)cc1. The van der Waals surface area contributed by atoms with E-state index in [0.29, 0.717) is 43.1 Å². The average Bonchev–Trinajstić information content (AvgIpc) is 3.07. The number of hydrogen-bond donors (Lipinski definition) is 0. The predicted molar refractivity (Wildman–Crippen MR) is 131 cm³/mol. The van der Waals surface area contributed by atoms with Gasteiger partial charge in [0.2, 0.25) is 0 Å². The number of carbonyl (C=O) groups is 2. The Morgan fingerprint density at radius 1 is 1.16 bits per heavy atom. The fourth-order valence-electron chi connectivity index (χ4n) is 2.82. The maximum absolute atomic E-state index is 13.1. The number of benzene rings is 2. The average molecular weight is 538 g/mol. The van der Waals surface area contributed by atoms with E-state index in [1.54, 1.807) is 42.5 Å². The van der Waals surface area contributed by atoms with E-state index in [4.69, 9.17) is 26.4 Å². The van der Waals surface area contributed by atoms with Gasteiger partial charge in [0.05, 0.1) is 31.4 Å². The van der Waals surface area contributed by atoms with Gasteiger partial charge in [0.15, 0.2) is 22.4 Å². The van der Waals surface area contributed by atoms with Gasteiger partial charge in [-0.3, -0.25) is 9.69 Å². The number of methoxy groups -OCH3 is 2. The molecule has 0 spiro atoms. The van der Waals surface area contributed by atoms with Gasteiger partial charge in [-0.2, -0.15) is 0 Å². The molecule has 2 aromatic rings. The first-order chi connectivity index (χ1) is 15.4. The molecule has 0 bridgehead atoms. The van der Waals surface area contributed by atoms with Crippen LogP contribution in [0, 0.1) is 0 Å². The van der Waals surface area contributed by atoms with E-state index in [0.717, 1.165) is 5.75 Å². The molecule has 168 valence electrons. The molecule has 1 amide bonds. The number of thioether (sulfide) groups is 1. The third-order valence-electron chi connectivity index (χ3n) is 4.34. The Morgan fingerprint density at radius 3 is 2.50 bits per heavy atom. The fraction of sp³-hybridized carbons (Fsp3) is 0.227. The number of rotatable bonds is 8. The maximum Gasteiger partial charge on any atom is 0.343 e. The van der Waals surface area contributed by atoms with E-state index in [9.17, 15) is 9.59 Å². The lowest BCUT2D eigenvalue weighted by Gasteiger charge is -2.15. The lowest BCUT2D eigenvalue weighted by atomic mass is 10.1. The molecule has 0 radical (unpaired) electrons. The molecule has 1 saturated heterocycles. The molecule has 32 heavy (non-hydrogen) atoms. The molecular weight excluding hydrogens is 518 g/mol. The summed E-state index contributed by atoms with van der Waals surface area (Å²) in [5, 5.41) is 0. The highest BCUT2D eigenvalue weighted by Crippen LogP contribution is 2.39. The largest absolute Gasteiger partial charge is 0.494 e. The van der Waals surface area contributed by atoms with Crippen molar-refractivity contribution in [2.45, 2.75) is 6.92 Å². The van der Waals surface area contributed by atoms with E-state index in [-0.39, 0.29) is 12.5 Å². The van der Waals surface area contributed by atoms with Gasteiger partial charge in [0, 0.05) is 4.47 Å². The van der Waals surface area contributed by atoms with Crippen molar-refractivity contribution in [1.29, 1.82) is 0 Å². The summed E-state index contributed by atoms with van der Waals surface area (Å²) in [5.74, 6) is 0.767. The molecule has 0 saturated carbocycles. The van der Waals surface area contributed by atoms with Gasteiger partial charge in [0.25, 0.3) is 5.91 Å². The second-order valence-corrected chi connectivity index (χ2v) is 8.86. The predicted octanol–water partition coefficient (Wildman–Crippen LogP) is 4.81. The van der Waals surface area contributed by atoms with Crippen LogP contribution in [0.3, 0.4) is 0 Å². The van der Waals surface area contributed by atoms with Crippen LogP contribution < -0.4 is 19.1 Å². The molecular formula is C22H20BrNO6S2. The van der Waals surface area contributed by atoms with Crippen LogP contribution in [0.25, 0.3) is 6.08 Å². The number of nitrogens with zero attached hydrogens (tertiary/aromatic N) is 1. The van der Waals surface area contributed by atoms with Crippen molar-refractivity contribution < 1.29 is 28.5 Å². The van der Waals surface area contributed by atoms with Crippen LogP contribution in [0.4, 0.5) is 5.69 Å². The minimum atomic E-state index is -0.509. The zero-order chi connectivity index (χ0) is 23.3. The molecule has 0 N–H and O–H groups in total. The third kappa shape index (κ3) is 5.43. The van der Waals surface area contributed by atoms with E-state index >= 15 is 0 Å². The summed E-state index contributed by atoms with van der Waals surface area (Å²) in [7, 11) is 2.77. The molecule has 1 aliphatic heterocycles. The van der Waals surface area contributed by atoms with E-state index in [1.807, 2.05) is 6.92 Å². The maximum atomic E-state index is 13.1. The number of carbonyl (C=O) groups excluding carboxylic acids is 2. The molecule has 10 heteroatoms. The lowest BCUT2D eigenvalue weighted by Crippen LogP contribution is -2.27. The lowest BCUT2D eigenvalue weighted by molar-refractivity contribution is -0.142. The van der Waals surface area contributed by atoms with Gasteiger partial charge in [0.1, 0.15) is 5.75 Å². The second-order valence-electron chi connectivity index (χ2n) is 6.33. The molecule has 2 aromatic carbocycles. The van der Waals surface area contributed by atoms with Crippen molar-refractivity contribution in [1.82, 2.24) is 0 Å². The Labute approximate surface area is 203 Å². The molecule has 0 atom stereocenters. The first-order valence-electron chi connectivity index (χ1n) is 9.45. The van der Waals surface area contributed by atoms with Crippen LogP contribution in [0.5, 0.6) is 17.2 Å². The summed E-state index contributed by atoms with van der Waals surface area (Å²) in [5.41, 5.74) is 1.36. The zero-order valence-corrected chi connectivity index (χ0v) is 20.8. The van der Waals surface area contributed by atoms with Crippen LogP contribution >= 0.6 is 39.9 Å². The summed E-state index contributed by atoms with van der Waals surface area (Å²) in [4.78, 5) is 26.4. The Kier molecular flexibility index (Phi) is 8.16. The summed E-state index contributed by atoms with van der Waals surface area (Å²) in [6, 6.07) is 10.6. The topological polar surface area (TPSA) is 74.3 Å². The standard InChI is InChI=1S/C22H20BrNO6S2/c1-4-29-15-7-5-14(6-8-15)24-21(26)19(32-22(24)31)10-13-9-17(27-2)18(11-16(13)23)30-12-20(25)28-3/h5-11H,4,12H2,1-3H3/b19-10+. The molecule has 0 aromatic heterocycles. The molecule has 1 fully saturated rings. The number of amides is 1. The Hall–Kier alpha value is -2.56. The third-order valence-corrected chi connectivity index (χ3v) is 6.33. The number of hydrogen-bond acceptors (Lipinski definition) is 8. The molecule has 7 nitrogen and oxygen atoms in total. The summed E-state index contributed by atoms with van der Waals surface area (Å²) in [6.07, 6.45) is 1.73. The number of thiocarbonyl (C=S) groups is 1. The van der Waals surface area contributed by atoms with Gasteiger partial charge >= 0.3 is 5.97 Å². The van der Waals surface area contributed by atoms with Crippen molar-refractivity contribution in [2.24, 2.45) is 0 Å². The summed E-state index contributed by atoms with van der Waals surface area (Å²) < 4.78 is 22.0. The number of esters is 1. The van der Waals surface area contributed by atoms with Gasteiger partial charge in [-0.25, -0.2) is 4.79 Å². The first kappa shape index (κ1) is 24.1. The van der Waals surface area contributed by atoms with Gasteiger partial charge < -0.3 is 18.9 Å². The normalized spacial score (nSPS) is 14.6. The van der Waals surface area contributed by atoms with Crippen LogP contribution in [-0.2, 0) is 14.3 Å². The zero-order valence-electron chi connectivity index (χ0n) is 17.5. The van der Waals surface area contributed by atoms with Gasteiger partial charge in [-0.15, -0.1) is 0 Å². The minimum Gasteiger partial charge on any atom is -0.494 e. The number of anilines is 1. The van der Waals surface area contributed by atoms with Gasteiger partial charge in [-0.05, 0) is 55.0 Å². The van der Waals surface area contributed by atoms with Crippen molar-refractivity contribution in [2.75, 3.05) is 32.3 Å². The number of ether oxygens (including phenoxy) is 4.